The minimum Gasteiger partial charge on any atom is -0.497 e. The van der Waals surface area contributed by atoms with Crippen LogP contribution in [0.1, 0.15) is 65.4 Å². The normalized spacial score (nSPS) is 15.1. The number of nitrogens with one attached hydrogen (secondary N) is 3. The van der Waals surface area contributed by atoms with Crippen molar-refractivity contribution in [2.45, 2.75) is 82.9 Å². The van der Waals surface area contributed by atoms with Crippen LogP contribution in [0.25, 0.3) is 0 Å². The van der Waals surface area contributed by atoms with Gasteiger partial charge in [-0.05, 0) is 82.9 Å². The number of carbonyl (C=O) groups is 2. The van der Waals surface area contributed by atoms with Crippen LogP contribution in [0, 0.1) is 23.0 Å². The standard InChI is InChI=1S/C34H46F2N6O8S2/c1-21(41-32(45)50-33(2,3)4)23(17-34(10-7-11-34)12-13-37-31(43)44)18-38-27-15-26(36)29(16-25(27)35)52(46,47)42(30-39-20-40-51-30)19-22-8-9-24(48-5)14-28(22)49-6/h8-9,14-16,20-21,23,37-38H,7,10-13,17-19H2,1-6H3,(H,41,45)(H,43,44). The molecule has 2 aromatic carbocycles. The molecule has 52 heavy (non-hydrogen) atoms. The third-order valence-electron chi connectivity index (χ3n) is 9.01. The highest BCUT2D eigenvalue weighted by atomic mass is 32.2. The number of anilines is 2. The number of benzene rings is 2. The Kier molecular flexibility index (Phi) is 13.1. The number of methoxy groups -OCH3 is 2. The molecule has 286 valence electrons. The second-order valence-electron chi connectivity index (χ2n) is 13.8. The molecular weight excluding hydrogens is 723 g/mol. The zero-order valence-corrected chi connectivity index (χ0v) is 31.6. The van der Waals surface area contributed by atoms with E-state index >= 15 is 8.78 Å². The van der Waals surface area contributed by atoms with Gasteiger partial charge in [-0.3, -0.25) is 0 Å². The van der Waals surface area contributed by atoms with Crippen molar-refractivity contribution >= 4 is 44.6 Å². The van der Waals surface area contributed by atoms with Gasteiger partial charge in [0.1, 0.15) is 40.0 Å². The summed E-state index contributed by atoms with van der Waals surface area (Å²) >= 11 is 0.764. The zero-order valence-electron chi connectivity index (χ0n) is 30.0. The van der Waals surface area contributed by atoms with Crippen LogP contribution in [0.4, 0.5) is 29.2 Å². The Morgan fingerprint density at radius 1 is 1.12 bits per heavy atom. The van der Waals surface area contributed by atoms with E-state index in [1.54, 1.807) is 45.9 Å². The van der Waals surface area contributed by atoms with Gasteiger partial charge in [0.2, 0.25) is 5.13 Å². The third-order valence-corrected chi connectivity index (χ3v) is 11.6. The number of amides is 2. The Labute approximate surface area is 306 Å². The largest absolute Gasteiger partial charge is 0.497 e. The van der Waals surface area contributed by atoms with Crippen LogP contribution < -0.4 is 29.7 Å². The van der Waals surface area contributed by atoms with Gasteiger partial charge in [-0.1, -0.05) is 6.42 Å². The molecule has 2 unspecified atom stereocenters. The molecule has 3 aromatic rings. The highest BCUT2D eigenvalue weighted by molar-refractivity contribution is 7.93. The van der Waals surface area contributed by atoms with Gasteiger partial charge in [-0.15, -0.1) is 0 Å². The van der Waals surface area contributed by atoms with Crippen molar-refractivity contribution in [3.05, 3.63) is 53.9 Å². The summed E-state index contributed by atoms with van der Waals surface area (Å²) in [5.41, 5.74) is -0.837. The van der Waals surface area contributed by atoms with Crippen molar-refractivity contribution in [1.29, 1.82) is 0 Å². The molecule has 1 aliphatic carbocycles. The monoisotopic (exact) mass is 768 g/mol. The second kappa shape index (κ2) is 16.9. The van der Waals surface area contributed by atoms with Crippen LogP contribution in [0.15, 0.2) is 41.6 Å². The molecule has 0 aliphatic heterocycles. The molecule has 4 N–H and O–H groups in total. The predicted octanol–water partition coefficient (Wildman–Crippen LogP) is 6.39. The fourth-order valence-corrected chi connectivity index (χ4v) is 8.34. The van der Waals surface area contributed by atoms with Crippen LogP contribution in [-0.4, -0.2) is 74.0 Å². The smallest absolute Gasteiger partial charge is 0.407 e. The summed E-state index contributed by atoms with van der Waals surface area (Å²) in [4.78, 5) is 26.9. The van der Waals surface area contributed by atoms with E-state index in [1.807, 2.05) is 0 Å². The summed E-state index contributed by atoms with van der Waals surface area (Å²) in [6, 6.07) is 5.69. The van der Waals surface area contributed by atoms with E-state index in [9.17, 15) is 18.0 Å². The van der Waals surface area contributed by atoms with Gasteiger partial charge < -0.3 is 35.3 Å². The maximum Gasteiger partial charge on any atom is 0.407 e. The number of hydrogen-bond donors (Lipinski definition) is 4. The van der Waals surface area contributed by atoms with Gasteiger partial charge in [0.25, 0.3) is 10.0 Å². The molecule has 4 rings (SSSR count). The number of aromatic nitrogens is 2. The molecule has 2 amide bonds. The van der Waals surface area contributed by atoms with E-state index in [4.69, 9.17) is 19.3 Å². The second-order valence-corrected chi connectivity index (χ2v) is 16.4. The topological polar surface area (TPSA) is 181 Å². The Balaban J connectivity index is 1.60. The average molecular weight is 769 g/mol. The van der Waals surface area contributed by atoms with E-state index in [-0.39, 0.29) is 41.8 Å². The van der Waals surface area contributed by atoms with Gasteiger partial charge in [-0.25, -0.2) is 36.1 Å². The Morgan fingerprint density at radius 2 is 1.85 bits per heavy atom. The minimum atomic E-state index is -4.74. The number of carbonyl (C=O) groups excluding carboxylic acids is 1. The number of ether oxygens (including phenoxy) is 3. The first-order chi connectivity index (χ1) is 24.5. The highest BCUT2D eigenvalue weighted by Gasteiger charge is 2.40. The average Bonchev–Trinajstić information content (AvgIpc) is 3.58. The predicted molar refractivity (Wildman–Crippen MR) is 192 cm³/mol. The lowest BCUT2D eigenvalue weighted by Crippen LogP contribution is -2.46. The van der Waals surface area contributed by atoms with Gasteiger partial charge in [0.15, 0.2) is 0 Å². The molecule has 2 atom stereocenters. The molecule has 0 radical (unpaired) electrons. The van der Waals surface area contributed by atoms with Crippen molar-refractivity contribution in [3.63, 3.8) is 0 Å². The van der Waals surface area contributed by atoms with Crippen molar-refractivity contribution < 1.29 is 46.1 Å². The van der Waals surface area contributed by atoms with Gasteiger partial charge >= 0.3 is 12.2 Å². The van der Waals surface area contributed by atoms with Crippen LogP contribution >= 0.6 is 11.5 Å². The quantitative estimate of drug-likeness (QED) is 0.120. The highest BCUT2D eigenvalue weighted by Crippen LogP contribution is 2.49. The van der Waals surface area contributed by atoms with Gasteiger partial charge in [0, 0.05) is 48.4 Å². The molecule has 0 saturated heterocycles. The molecule has 1 heterocycles. The van der Waals surface area contributed by atoms with Crippen molar-refractivity contribution in [3.8, 4) is 11.5 Å². The Morgan fingerprint density at radius 3 is 2.42 bits per heavy atom. The SMILES string of the molecule is COc1ccc(CN(c2ncns2)S(=O)(=O)c2cc(F)c(NCC(CC3(CCNC(=O)O)CCC3)C(C)NC(=O)OC(C)(C)C)cc2F)c(OC)c1. The first-order valence-electron chi connectivity index (χ1n) is 16.7. The summed E-state index contributed by atoms with van der Waals surface area (Å²) in [6.45, 7) is 6.97. The Bertz CT molecular complexity index is 1800. The number of alkyl carbamates (subject to hydrolysis) is 1. The molecule has 0 spiro atoms. The third kappa shape index (κ3) is 10.3. The van der Waals surface area contributed by atoms with Gasteiger partial charge in [-0.2, -0.15) is 4.37 Å². The molecule has 1 fully saturated rings. The number of rotatable bonds is 17. The fourth-order valence-electron chi connectivity index (χ4n) is 6.15. The van der Waals surface area contributed by atoms with Crippen LogP contribution in [-0.2, 0) is 21.3 Å². The van der Waals surface area contributed by atoms with E-state index in [1.165, 1.54) is 14.2 Å². The van der Waals surface area contributed by atoms with E-state index < -0.39 is 50.4 Å². The molecule has 1 aliphatic rings. The summed E-state index contributed by atoms with van der Waals surface area (Å²) in [6.07, 6.45) is 3.14. The fraction of sp³-hybridized carbons (Fsp3) is 0.529. The minimum absolute atomic E-state index is 0.0711. The summed E-state index contributed by atoms with van der Waals surface area (Å²) in [7, 11) is -1.86. The maximum atomic E-state index is 15.8. The molecule has 1 aromatic heterocycles. The first-order valence-corrected chi connectivity index (χ1v) is 18.9. The molecule has 0 bridgehead atoms. The number of sulfonamides is 1. The van der Waals surface area contributed by atoms with Crippen LogP contribution in [0.3, 0.4) is 0 Å². The molecule has 18 heteroatoms. The van der Waals surface area contributed by atoms with Crippen molar-refractivity contribution in [2.75, 3.05) is 36.9 Å². The van der Waals surface area contributed by atoms with E-state index in [0.29, 0.717) is 36.0 Å². The summed E-state index contributed by atoms with van der Waals surface area (Å²) < 4.78 is 80.4. The maximum absolute atomic E-state index is 15.8. The summed E-state index contributed by atoms with van der Waals surface area (Å²) in [5, 5.41) is 17.2. The molecular formula is C34H46F2N6O8S2. The van der Waals surface area contributed by atoms with Gasteiger partial charge in [0.05, 0.1) is 26.5 Å². The number of carboxylic acid groups (broad SMARTS) is 1. The van der Waals surface area contributed by atoms with Crippen molar-refractivity contribution in [1.82, 2.24) is 20.0 Å². The van der Waals surface area contributed by atoms with Crippen LogP contribution in [0.2, 0.25) is 0 Å². The van der Waals surface area contributed by atoms with E-state index in [0.717, 1.165) is 47.5 Å². The zero-order chi connectivity index (χ0) is 38.3. The van der Waals surface area contributed by atoms with E-state index in [2.05, 4.69) is 25.3 Å². The van der Waals surface area contributed by atoms with Crippen molar-refractivity contribution in [2.24, 2.45) is 11.3 Å². The number of hydrogen-bond acceptors (Lipinski definition) is 11. The molecule has 1 saturated carbocycles. The Hall–Kier alpha value is -4.45. The first kappa shape index (κ1) is 40.3. The lowest BCUT2D eigenvalue weighted by atomic mass is 9.61. The molecule has 14 nitrogen and oxygen atoms in total. The summed E-state index contributed by atoms with van der Waals surface area (Å²) in [5.74, 6) is -1.78. The number of halogens is 2. The lowest BCUT2D eigenvalue weighted by molar-refractivity contribution is 0.0437. The van der Waals surface area contributed by atoms with Crippen LogP contribution in [0.5, 0.6) is 11.5 Å². The number of nitrogens with zero attached hydrogens (tertiary/aromatic N) is 3. The lowest BCUT2D eigenvalue weighted by Gasteiger charge is -2.45.